The molecule has 1 aromatic rings. The Morgan fingerprint density at radius 3 is 2.65 bits per heavy atom. The second-order valence-electron chi connectivity index (χ2n) is 5.11. The molecular formula is C15H19NO4. The first-order valence-corrected chi connectivity index (χ1v) is 6.77. The van der Waals surface area contributed by atoms with Crippen molar-refractivity contribution in [2.45, 2.75) is 32.3 Å². The van der Waals surface area contributed by atoms with Gasteiger partial charge in [-0.25, -0.2) is 0 Å². The van der Waals surface area contributed by atoms with E-state index in [9.17, 15) is 14.7 Å². The molecule has 2 rings (SSSR count). The minimum atomic E-state index is -0.976. The lowest BCUT2D eigenvalue weighted by molar-refractivity contribution is -0.148. The molecule has 0 radical (unpaired) electrons. The number of nitrogens with one attached hydrogen (secondary N) is 1. The predicted molar refractivity (Wildman–Crippen MR) is 74.5 cm³/mol. The Kier molecular flexibility index (Phi) is 4.74. The first kappa shape index (κ1) is 14.5. The Labute approximate surface area is 117 Å². The van der Waals surface area contributed by atoms with E-state index in [0.717, 1.165) is 12.0 Å². The molecule has 1 aromatic carbocycles. The third kappa shape index (κ3) is 3.81. The SMILES string of the molecule is Cc1ccc(NC(=O)C[C@H](C(=O)O)[C@@H]2CCCO2)cc1. The molecule has 0 aromatic heterocycles. The van der Waals surface area contributed by atoms with Crippen LogP contribution in [0.5, 0.6) is 0 Å². The topological polar surface area (TPSA) is 75.6 Å². The Balaban J connectivity index is 1.94. The summed E-state index contributed by atoms with van der Waals surface area (Å²) in [5.74, 6) is -2.05. The molecule has 5 nitrogen and oxygen atoms in total. The van der Waals surface area contributed by atoms with E-state index in [1.54, 1.807) is 12.1 Å². The second-order valence-corrected chi connectivity index (χ2v) is 5.11. The lowest BCUT2D eigenvalue weighted by Crippen LogP contribution is -2.31. The van der Waals surface area contributed by atoms with E-state index in [-0.39, 0.29) is 18.4 Å². The van der Waals surface area contributed by atoms with E-state index in [0.29, 0.717) is 18.7 Å². The maximum atomic E-state index is 11.9. The van der Waals surface area contributed by atoms with E-state index < -0.39 is 11.9 Å². The first-order chi connectivity index (χ1) is 9.56. The van der Waals surface area contributed by atoms with Crippen molar-refractivity contribution in [1.29, 1.82) is 0 Å². The number of carbonyl (C=O) groups excluding carboxylic acids is 1. The van der Waals surface area contributed by atoms with Gasteiger partial charge in [0.25, 0.3) is 0 Å². The maximum absolute atomic E-state index is 11.9. The van der Waals surface area contributed by atoms with Crippen molar-refractivity contribution in [3.8, 4) is 0 Å². The van der Waals surface area contributed by atoms with Gasteiger partial charge in [-0.3, -0.25) is 9.59 Å². The number of hydrogen-bond donors (Lipinski definition) is 2. The Hall–Kier alpha value is -1.88. The van der Waals surface area contributed by atoms with Gasteiger partial charge < -0.3 is 15.2 Å². The van der Waals surface area contributed by atoms with Gasteiger partial charge in [0.15, 0.2) is 0 Å². The molecule has 0 bridgehead atoms. The van der Waals surface area contributed by atoms with E-state index in [1.165, 1.54) is 0 Å². The Morgan fingerprint density at radius 1 is 1.40 bits per heavy atom. The van der Waals surface area contributed by atoms with Crippen LogP contribution in [0.25, 0.3) is 0 Å². The van der Waals surface area contributed by atoms with Crippen molar-refractivity contribution in [1.82, 2.24) is 0 Å². The van der Waals surface area contributed by atoms with Gasteiger partial charge in [0.2, 0.25) is 5.91 Å². The highest BCUT2D eigenvalue weighted by Gasteiger charge is 2.33. The molecule has 0 unspecified atom stereocenters. The predicted octanol–water partition coefficient (Wildman–Crippen LogP) is 2.20. The van der Waals surface area contributed by atoms with Crippen LogP contribution in [0.15, 0.2) is 24.3 Å². The van der Waals surface area contributed by atoms with Crippen LogP contribution in [0.4, 0.5) is 5.69 Å². The summed E-state index contributed by atoms with van der Waals surface area (Å²) in [7, 11) is 0. The molecule has 2 N–H and O–H groups in total. The van der Waals surface area contributed by atoms with Crippen molar-refractivity contribution >= 4 is 17.6 Å². The van der Waals surface area contributed by atoms with Crippen molar-refractivity contribution < 1.29 is 19.4 Å². The molecule has 0 saturated carbocycles. The van der Waals surface area contributed by atoms with Crippen LogP contribution in [0.2, 0.25) is 0 Å². The molecule has 1 aliphatic heterocycles. The van der Waals surface area contributed by atoms with Crippen LogP contribution in [0, 0.1) is 12.8 Å². The van der Waals surface area contributed by atoms with E-state index >= 15 is 0 Å². The van der Waals surface area contributed by atoms with Gasteiger partial charge in [0, 0.05) is 18.7 Å². The normalized spacial score (nSPS) is 19.6. The minimum Gasteiger partial charge on any atom is -0.481 e. The van der Waals surface area contributed by atoms with Gasteiger partial charge >= 0.3 is 5.97 Å². The van der Waals surface area contributed by atoms with Crippen LogP contribution in [-0.2, 0) is 14.3 Å². The van der Waals surface area contributed by atoms with E-state index in [4.69, 9.17) is 4.74 Å². The average Bonchev–Trinajstić information content (AvgIpc) is 2.92. The average molecular weight is 277 g/mol. The summed E-state index contributed by atoms with van der Waals surface area (Å²) in [4.78, 5) is 23.2. The molecule has 1 saturated heterocycles. The van der Waals surface area contributed by atoms with Crippen LogP contribution in [0.1, 0.15) is 24.8 Å². The molecule has 20 heavy (non-hydrogen) atoms. The summed E-state index contributed by atoms with van der Waals surface area (Å²) in [6.45, 7) is 2.54. The van der Waals surface area contributed by atoms with Crippen molar-refractivity contribution in [3.63, 3.8) is 0 Å². The quantitative estimate of drug-likeness (QED) is 0.865. The maximum Gasteiger partial charge on any atom is 0.309 e. The van der Waals surface area contributed by atoms with Crippen molar-refractivity contribution in [3.05, 3.63) is 29.8 Å². The fourth-order valence-electron chi connectivity index (χ4n) is 2.35. The summed E-state index contributed by atoms with van der Waals surface area (Å²) in [6, 6.07) is 7.39. The van der Waals surface area contributed by atoms with E-state index in [2.05, 4.69) is 5.32 Å². The minimum absolute atomic E-state index is 0.0616. The number of aryl methyl sites for hydroxylation is 1. The zero-order valence-corrected chi connectivity index (χ0v) is 11.5. The molecule has 0 spiro atoms. The number of aliphatic carboxylic acids is 1. The third-order valence-electron chi connectivity index (χ3n) is 3.47. The van der Waals surface area contributed by atoms with Crippen LogP contribution < -0.4 is 5.32 Å². The summed E-state index contributed by atoms with van der Waals surface area (Å²) >= 11 is 0. The Morgan fingerprint density at radius 2 is 2.10 bits per heavy atom. The number of amides is 1. The highest BCUT2D eigenvalue weighted by Crippen LogP contribution is 2.24. The van der Waals surface area contributed by atoms with Crippen LogP contribution in [-0.4, -0.2) is 29.7 Å². The van der Waals surface area contributed by atoms with Gasteiger partial charge in [0.05, 0.1) is 12.0 Å². The van der Waals surface area contributed by atoms with Crippen LogP contribution >= 0.6 is 0 Å². The number of carbonyl (C=O) groups is 2. The highest BCUT2D eigenvalue weighted by atomic mass is 16.5. The van der Waals surface area contributed by atoms with Gasteiger partial charge in [-0.1, -0.05) is 17.7 Å². The summed E-state index contributed by atoms with van der Waals surface area (Å²) in [5, 5.41) is 11.9. The lowest BCUT2D eigenvalue weighted by Gasteiger charge is -2.18. The smallest absolute Gasteiger partial charge is 0.309 e. The first-order valence-electron chi connectivity index (χ1n) is 6.77. The fourth-order valence-corrected chi connectivity index (χ4v) is 2.35. The van der Waals surface area contributed by atoms with E-state index in [1.807, 2.05) is 19.1 Å². The molecule has 108 valence electrons. The molecule has 1 aliphatic rings. The molecule has 2 atom stereocenters. The number of benzene rings is 1. The Bertz CT molecular complexity index is 477. The largest absolute Gasteiger partial charge is 0.481 e. The number of anilines is 1. The summed E-state index contributed by atoms with van der Waals surface area (Å²) < 4.78 is 5.38. The molecular weight excluding hydrogens is 258 g/mol. The van der Waals surface area contributed by atoms with Crippen molar-refractivity contribution in [2.75, 3.05) is 11.9 Å². The molecule has 5 heteroatoms. The summed E-state index contributed by atoms with van der Waals surface area (Å²) in [6.07, 6.45) is 1.15. The number of rotatable bonds is 5. The number of ether oxygens (including phenoxy) is 1. The standard InChI is InChI=1S/C15H19NO4/c1-10-4-6-11(7-5-10)16-14(17)9-12(15(18)19)13-3-2-8-20-13/h4-7,12-13H,2-3,8-9H2,1H3,(H,16,17)(H,18,19)/t12-,13-/m0/s1. The third-order valence-corrected chi connectivity index (χ3v) is 3.47. The fraction of sp³-hybridized carbons (Fsp3) is 0.467. The second kappa shape index (κ2) is 6.52. The molecule has 1 heterocycles. The monoisotopic (exact) mass is 277 g/mol. The van der Waals surface area contributed by atoms with Gasteiger partial charge in [-0.05, 0) is 31.9 Å². The van der Waals surface area contributed by atoms with Gasteiger partial charge in [-0.15, -0.1) is 0 Å². The number of carboxylic acid groups (broad SMARTS) is 1. The van der Waals surface area contributed by atoms with Crippen LogP contribution in [0.3, 0.4) is 0 Å². The van der Waals surface area contributed by atoms with Gasteiger partial charge in [0.1, 0.15) is 0 Å². The number of carboxylic acids is 1. The molecule has 0 aliphatic carbocycles. The van der Waals surface area contributed by atoms with Crippen molar-refractivity contribution in [2.24, 2.45) is 5.92 Å². The highest BCUT2D eigenvalue weighted by molar-refractivity contribution is 5.93. The summed E-state index contributed by atoms with van der Waals surface area (Å²) in [5.41, 5.74) is 1.78. The van der Waals surface area contributed by atoms with Gasteiger partial charge in [-0.2, -0.15) is 0 Å². The number of hydrogen-bond acceptors (Lipinski definition) is 3. The zero-order valence-electron chi connectivity index (χ0n) is 11.5. The zero-order chi connectivity index (χ0) is 14.5. The lowest BCUT2D eigenvalue weighted by atomic mass is 9.96. The molecule has 1 fully saturated rings. The molecule has 1 amide bonds.